The Morgan fingerprint density at radius 3 is 2.94 bits per heavy atom. The Labute approximate surface area is 104 Å². The van der Waals surface area contributed by atoms with E-state index >= 15 is 0 Å². The number of nitrogens with zero attached hydrogens (tertiary/aromatic N) is 1. The molecule has 0 aliphatic heterocycles. The number of nitrogens with two attached hydrogens (primary N) is 1. The maximum atomic E-state index is 13.0. The summed E-state index contributed by atoms with van der Waals surface area (Å²) >= 11 is 0. The summed E-state index contributed by atoms with van der Waals surface area (Å²) in [6, 6.07) is 3.72. The lowest BCUT2D eigenvalue weighted by atomic mass is 10.0. The summed E-state index contributed by atoms with van der Waals surface area (Å²) in [5, 5.41) is 14.0. The zero-order valence-electron chi connectivity index (χ0n) is 9.93. The van der Waals surface area contributed by atoms with Crippen LogP contribution in [0.15, 0.2) is 18.2 Å². The molecule has 1 aliphatic carbocycles. The average molecular weight is 253 g/mol. The maximum Gasteiger partial charge on any atom is 0.295 e. The second-order valence-corrected chi connectivity index (χ2v) is 4.60. The molecule has 1 aliphatic rings. The zero-order chi connectivity index (χ0) is 13.1. The summed E-state index contributed by atoms with van der Waals surface area (Å²) in [6.07, 6.45) is 3.04. The molecule has 0 amide bonds. The molecule has 6 heteroatoms. The zero-order valence-corrected chi connectivity index (χ0v) is 9.93. The molecular weight excluding hydrogens is 237 g/mol. The second-order valence-electron chi connectivity index (χ2n) is 4.60. The molecule has 2 atom stereocenters. The largest absolute Gasteiger partial charge is 0.376 e. The Balaban J connectivity index is 2.20. The average Bonchev–Trinajstić information content (AvgIpc) is 2.78. The smallest absolute Gasteiger partial charge is 0.295 e. The van der Waals surface area contributed by atoms with Gasteiger partial charge in [0, 0.05) is 6.04 Å². The fourth-order valence-corrected chi connectivity index (χ4v) is 2.49. The van der Waals surface area contributed by atoms with E-state index in [4.69, 9.17) is 5.73 Å². The van der Waals surface area contributed by atoms with Gasteiger partial charge in [0.05, 0.1) is 11.0 Å². The van der Waals surface area contributed by atoms with Crippen molar-refractivity contribution in [3.8, 4) is 0 Å². The van der Waals surface area contributed by atoms with E-state index in [2.05, 4.69) is 5.32 Å². The molecule has 0 saturated heterocycles. The van der Waals surface area contributed by atoms with Crippen LogP contribution in [0.1, 0.15) is 19.3 Å². The van der Waals surface area contributed by atoms with Gasteiger partial charge in [-0.15, -0.1) is 0 Å². The number of nitro groups is 1. The lowest BCUT2D eigenvalue weighted by Crippen LogP contribution is -2.29. The molecular formula is C12H16FN3O2. The number of nitrogens with one attached hydrogen (secondary N) is 1. The highest BCUT2D eigenvalue weighted by Gasteiger charge is 2.27. The number of benzene rings is 1. The Morgan fingerprint density at radius 2 is 2.28 bits per heavy atom. The topological polar surface area (TPSA) is 81.2 Å². The molecule has 0 spiro atoms. The van der Waals surface area contributed by atoms with Crippen molar-refractivity contribution in [1.29, 1.82) is 0 Å². The fourth-order valence-electron chi connectivity index (χ4n) is 2.49. The predicted molar refractivity (Wildman–Crippen MR) is 66.9 cm³/mol. The van der Waals surface area contributed by atoms with Gasteiger partial charge in [-0.3, -0.25) is 10.1 Å². The van der Waals surface area contributed by atoms with Gasteiger partial charge in [-0.1, -0.05) is 6.42 Å². The Morgan fingerprint density at radius 1 is 1.50 bits per heavy atom. The minimum Gasteiger partial charge on any atom is -0.376 e. The van der Waals surface area contributed by atoms with Crippen molar-refractivity contribution in [2.75, 3.05) is 11.9 Å². The first-order valence-corrected chi connectivity index (χ1v) is 6.02. The highest BCUT2D eigenvalue weighted by molar-refractivity contribution is 5.62. The Hall–Kier alpha value is -1.69. The van der Waals surface area contributed by atoms with Crippen molar-refractivity contribution in [2.24, 2.45) is 11.7 Å². The van der Waals surface area contributed by atoms with Crippen LogP contribution < -0.4 is 11.1 Å². The molecule has 18 heavy (non-hydrogen) atoms. The van der Waals surface area contributed by atoms with Crippen molar-refractivity contribution in [2.45, 2.75) is 25.3 Å². The SMILES string of the molecule is NCC1CCCC1Nc1ccc(F)cc1[N+](=O)[O-]. The second kappa shape index (κ2) is 5.30. The first-order valence-electron chi connectivity index (χ1n) is 6.02. The normalized spacial score (nSPS) is 23.0. The summed E-state index contributed by atoms with van der Waals surface area (Å²) in [4.78, 5) is 10.3. The molecule has 1 aromatic carbocycles. The summed E-state index contributed by atoms with van der Waals surface area (Å²) in [5.41, 5.74) is 5.81. The first kappa shape index (κ1) is 12.8. The van der Waals surface area contributed by atoms with Crippen molar-refractivity contribution >= 4 is 11.4 Å². The molecule has 0 aromatic heterocycles. The summed E-state index contributed by atoms with van der Waals surface area (Å²) in [5.74, 6) is -0.274. The van der Waals surface area contributed by atoms with Gasteiger partial charge < -0.3 is 11.1 Å². The van der Waals surface area contributed by atoms with Gasteiger partial charge in [-0.2, -0.15) is 0 Å². The molecule has 1 saturated carbocycles. The van der Waals surface area contributed by atoms with Crippen LogP contribution in [-0.2, 0) is 0 Å². The highest BCUT2D eigenvalue weighted by Crippen LogP contribution is 2.31. The molecule has 1 aromatic rings. The molecule has 0 radical (unpaired) electrons. The van der Waals surface area contributed by atoms with Crippen molar-refractivity contribution in [3.63, 3.8) is 0 Å². The number of nitro benzene ring substituents is 1. The van der Waals surface area contributed by atoms with E-state index in [-0.39, 0.29) is 11.7 Å². The van der Waals surface area contributed by atoms with Crippen molar-refractivity contribution < 1.29 is 9.31 Å². The quantitative estimate of drug-likeness (QED) is 0.637. The van der Waals surface area contributed by atoms with Gasteiger partial charge in [0.2, 0.25) is 0 Å². The molecule has 3 N–H and O–H groups in total. The highest BCUT2D eigenvalue weighted by atomic mass is 19.1. The van der Waals surface area contributed by atoms with Gasteiger partial charge in [-0.25, -0.2) is 4.39 Å². The van der Waals surface area contributed by atoms with Gasteiger partial charge in [0.1, 0.15) is 11.5 Å². The van der Waals surface area contributed by atoms with Crippen molar-refractivity contribution in [3.05, 3.63) is 34.1 Å². The maximum absolute atomic E-state index is 13.0. The predicted octanol–water partition coefficient (Wildman–Crippen LogP) is 2.27. The number of hydrogen-bond acceptors (Lipinski definition) is 4. The number of hydrogen-bond donors (Lipinski definition) is 2. The molecule has 2 unspecified atom stereocenters. The van der Waals surface area contributed by atoms with Gasteiger partial charge >= 0.3 is 0 Å². The third-order valence-electron chi connectivity index (χ3n) is 3.46. The number of rotatable bonds is 4. The molecule has 2 rings (SSSR count). The summed E-state index contributed by atoms with van der Waals surface area (Å²) in [7, 11) is 0. The summed E-state index contributed by atoms with van der Waals surface area (Å²) in [6.45, 7) is 0.562. The van der Waals surface area contributed by atoms with E-state index in [9.17, 15) is 14.5 Å². The third kappa shape index (κ3) is 2.59. The molecule has 5 nitrogen and oxygen atoms in total. The fraction of sp³-hybridized carbons (Fsp3) is 0.500. The van der Waals surface area contributed by atoms with Crippen molar-refractivity contribution in [1.82, 2.24) is 0 Å². The standard InChI is InChI=1S/C12H16FN3O2/c13-9-4-5-11(12(6-9)16(17)18)15-10-3-1-2-8(10)7-14/h4-6,8,10,15H,1-3,7,14H2. The lowest BCUT2D eigenvalue weighted by Gasteiger charge is -2.20. The van der Waals surface area contributed by atoms with Crippen LogP contribution in [0.2, 0.25) is 0 Å². The monoisotopic (exact) mass is 253 g/mol. The van der Waals surface area contributed by atoms with E-state index in [0.717, 1.165) is 25.3 Å². The molecule has 98 valence electrons. The lowest BCUT2D eigenvalue weighted by molar-refractivity contribution is -0.384. The molecule has 0 bridgehead atoms. The third-order valence-corrected chi connectivity index (χ3v) is 3.46. The van der Waals surface area contributed by atoms with E-state index in [1.165, 1.54) is 12.1 Å². The Bertz CT molecular complexity index is 453. The summed E-state index contributed by atoms with van der Waals surface area (Å²) < 4.78 is 13.0. The Kier molecular flexibility index (Phi) is 3.76. The van der Waals surface area contributed by atoms with Gasteiger partial charge in [-0.05, 0) is 37.4 Å². The minimum atomic E-state index is -0.603. The number of anilines is 1. The van der Waals surface area contributed by atoms with Crippen LogP contribution in [0.3, 0.4) is 0 Å². The minimum absolute atomic E-state index is 0.138. The van der Waals surface area contributed by atoms with Crippen LogP contribution >= 0.6 is 0 Å². The van der Waals surface area contributed by atoms with E-state index in [1.807, 2.05) is 0 Å². The van der Waals surface area contributed by atoms with Crippen LogP contribution in [0.5, 0.6) is 0 Å². The van der Waals surface area contributed by atoms with Crippen LogP contribution in [0, 0.1) is 21.8 Å². The van der Waals surface area contributed by atoms with Crippen LogP contribution in [0.25, 0.3) is 0 Å². The van der Waals surface area contributed by atoms with Gasteiger partial charge in [0.25, 0.3) is 5.69 Å². The van der Waals surface area contributed by atoms with E-state index in [0.29, 0.717) is 18.2 Å². The molecule has 1 fully saturated rings. The molecule has 0 heterocycles. The van der Waals surface area contributed by atoms with Gasteiger partial charge in [0.15, 0.2) is 0 Å². The van der Waals surface area contributed by atoms with Crippen LogP contribution in [-0.4, -0.2) is 17.5 Å². The number of halogens is 1. The van der Waals surface area contributed by atoms with E-state index < -0.39 is 10.7 Å². The van der Waals surface area contributed by atoms with E-state index in [1.54, 1.807) is 0 Å². The first-order chi connectivity index (χ1) is 8.61. The van der Waals surface area contributed by atoms with Crippen LogP contribution in [0.4, 0.5) is 15.8 Å².